The average Bonchev–Trinajstić information content (AvgIpc) is 3.60. The molecule has 0 radical (unpaired) electrons. The molecule has 0 spiro atoms. The summed E-state index contributed by atoms with van der Waals surface area (Å²) in [6.07, 6.45) is 1.49. The number of carbonyl (C=O) groups is 1. The number of ether oxygens (including phenoxy) is 1. The minimum atomic E-state index is -4.52. The molecule has 2 atom stereocenters. The Morgan fingerprint density at radius 1 is 1.14 bits per heavy atom. The van der Waals surface area contributed by atoms with E-state index in [1.165, 1.54) is 6.07 Å². The number of rotatable bonds is 6. The number of hydrogen-bond acceptors (Lipinski definition) is 7. The Hall–Kier alpha value is -3.76. The monoisotopic (exact) mass is 484 g/mol. The average molecular weight is 484 g/mol. The van der Waals surface area contributed by atoms with Gasteiger partial charge in [-0.3, -0.25) is 14.9 Å². The van der Waals surface area contributed by atoms with E-state index in [9.17, 15) is 18.0 Å². The summed E-state index contributed by atoms with van der Waals surface area (Å²) in [5.41, 5.74) is 1.47. The Balaban J connectivity index is 1.34. The van der Waals surface area contributed by atoms with Gasteiger partial charge in [0.2, 0.25) is 5.95 Å². The maximum Gasteiger partial charge on any atom is 0.433 e. The number of nitrogens with zero attached hydrogens (tertiary/aromatic N) is 5. The Kier molecular flexibility index (Phi) is 5.78. The number of nitrogens with one attached hydrogen (secondary N) is 1. The molecule has 0 bridgehead atoms. The fourth-order valence-electron chi connectivity index (χ4n) is 4.22. The van der Waals surface area contributed by atoms with Crippen molar-refractivity contribution in [2.75, 3.05) is 16.8 Å². The molecular weight excluding hydrogens is 461 g/mol. The lowest BCUT2D eigenvalue weighted by Crippen LogP contribution is -2.35. The second-order valence-electron chi connectivity index (χ2n) is 8.81. The number of anilines is 2. The van der Waals surface area contributed by atoms with Crippen molar-refractivity contribution in [3.8, 4) is 11.1 Å². The quantitative estimate of drug-likeness (QED) is 0.516. The van der Waals surface area contributed by atoms with Gasteiger partial charge in [0.15, 0.2) is 0 Å². The summed E-state index contributed by atoms with van der Waals surface area (Å²) >= 11 is 0. The summed E-state index contributed by atoms with van der Waals surface area (Å²) < 4.78 is 44.4. The topological polar surface area (TPSA) is 93.1 Å². The van der Waals surface area contributed by atoms with E-state index in [2.05, 4.69) is 25.3 Å². The van der Waals surface area contributed by atoms with Crippen LogP contribution in [0.15, 0.2) is 42.9 Å². The number of hydrogen-bond donors (Lipinski definition) is 1. The van der Waals surface area contributed by atoms with Crippen LogP contribution in [0.1, 0.15) is 42.8 Å². The molecule has 2 fully saturated rings. The third-order valence-electron chi connectivity index (χ3n) is 6.24. The van der Waals surface area contributed by atoms with Crippen molar-refractivity contribution in [3.63, 3.8) is 0 Å². The number of aryl methyl sites for hydroxylation is 1. The Morgan fingerprint density at radius 3 is 2.63 bits per heavy atom. The van der Waals surface area contributed by atoms with Crippen LogP contribution in [-0.4, -0.2) is 38.7 Å². The molecule has 2 aliphatic rings. The molecule has 3 aromatic heterocycles. The zero-order valence-corrected chi connectivity index (χ0v) is 19.1. The predicted octanol–water partition coefficient (Wildman–Crippen LogP) is 5.17. The molecule has 11 heteroatoms. The van der Waals surface area contributed by atoms with Crippen LogP contribution in [0.2, 0.25) is 0 Å². The van der Waals surface area contributed by atoms with Gasteiger partial charge in [-0.1, -0.05) is 0 Å². The normalized spacial score (nSPS) is 18.9. The van der Waals surface area contributed by atoms with Gasteiger partial charge in [-0.25, -0.2) is 9.78 Å². The zero-order valence-electron chi connectivity index (χ0n) is 19.1. The number of pyridine rings is 2. The summed E-state index contributed by atoms with van der Waals surface area (Å²) in [4.78, 5) is 30.5. The minimum absolute atomic E-state index is 0.00872. The summed E-state index contributed by atoms with van der Waals surface area (Å²) in [5, 5.41) is 3.19. The van der Waals surface area contributed by atoms with Crippen LogP contribution in [0.25, 0.3) is 11.1 Å². The van der Waals surface area contributed by atoms with Gasteiger partial charge in [0.1, 0.15) is 18.1 Å². The van der Waals surface area contributed by atoms with Crippen LogP contribution in [0.4, 0.5) is 29.7 Å². The van der Waals surface area contributed by atoms with Gasteiger partial charge in [-0.2, -0.15) is 18.2 Å². The SMILES string of the molecule is Cc1cc([C@H](C)Nc2nccc(N3C(=O)OC[C@@H]3C3CC3)n2)ncc1-c1ccnc(C(F)(F)F)c1. The van der Waals surface area contributed by atoms with Crippen molar-refractivity contribution in [3.05, 3.63) is 59.8 Å². The number of aromatic nitrogens is 4. The first-order valence-corrected chi connectivity index (χ1v) is 11.3. The van der Waals surface area contributed by atoms with Crippen LogP contribution in [0.5, 0.6) is 0 Å². The molecular formula is C24H23F3N6O2. The molecule has 5 rings (SSSR count). The highest BCUT2D eigenvalue weighted by Gasteiger charge is 2.44. The van der Waals surface area contributed by atoms with Crippen LogP contribution < -0.4 is 10.2 Å². The lowest BCUT2D eigenvalue weighted by Gasteiger charge is -2.21. The molecule has 0 aromatic carbocycles. The van der Waals surface area contributed by atoms with Gasteiger partial charge in [-0.15, -0.1) is 0 Å². The molecule has 35 heavy (non-hydrogen) atoms. The number of halogens is 3. The smallest absolute Gasteiger partial charge is 0.433 e. The van der Waals surface area contributed by atoms with E-state index >= 15 is 0 Å². The van der Waals surface area contributed by atoms with Gasteiger partial charge in [0.05, 0.1) is 17.8 Å². The molecule has 8 nitrogen and oxygen atoms in total. The molecule has 3 aromatic rings. The first-order chi connectivity index (χ1) is 16.7. The van der Waals surface area contributed by atoms with Crippen LogP contribution in [-0.2, 0) is 10.9 Å². The first-order valence-electron chi connectivity index (χ1n) is 11.3. The van der Waals surface area contributed by atoms with Crippen molar-refractivity contribution in [1.82, 2.24) is 19.9 Å². The molecule has 0 unspecified atom stereocenters. The summed E-state index contributed by atoms with van der Waals surface area (Å²) in [5.74, 6) is 1.24. The fraction of sp³-hybridized carbons (Fsp3) is 0.375. The number of alkyl halides is 3. The van der Waals surface area contributed by atoms with Gasteiger partial charge in [0.25, 0.3) is 0 Å². The van der Waals surface area contributed by atoms with E-state index in [0.717, 1.165) is 30.7 Å². The van der Waals surface area contributed by atoms with Crippen molar-refractivity contribution >= 4 is 17.9 Å². The molecule has 1 N–H and O–H groups in total. The van der Waals surface area contributed by atoms with E-state index in [1.54, 1.807) is 23.4 Å². The standard InChI is InChI=1S/C24H23F3N6O2/c1-13-9-18(30-11-17(13)16-5-7-28-20(10-16)24(25,26)27)14(2)31-22-29-8-6-21(32-22)33-19(15-3-4-15)12-35-23(33)34/h5-11,14-15,19H,3-4,12H2,1-2H3,(H,29,31,32)/t14-,19+/m0/s1. The Labute approximate surface area is 199 Å². The largest absolute Gasteiger partial charge is 0.447 e. The summed E-state index contributed by atoms with van der Waals surface area (Å²) in [7, 11) is 0. The van der Waals surface area contributed by atoms with Gasteiger partial charge >= 0.3 is 12.3 Å². The van der Waals surface area contributed by atoms with Gasteiger partial charge in [0, 0.05) is 24.2 Å². The lowest BCUT2D eigenvalue weighted by atomic mass is 10.0. The molecule has 1 saturated carbocycles. The molecule has 4 heterocycles. The van der Waals surface area contributed by atoms with E-state index < -0.39 is 18.0 Å². The highest BCUT2D eigenvalue weighted by atomic mass is 19.4. The maximum absolute atomic E-state index is 13.0. The third kappa shape index (κ3) is 4.75. The van der Waals surface area contributed by atoms with Crippen molar-refractivity contribution in [2.24, 2.45) is 5.92 Å². The summed E-state index contributed by atoms with van der Waals surface area (Å²) in [6.45, 7) is 4.06. The van der Waals surface area contributed by atoms with E-state index in [0.29, 0.717) is 41.1 Å². The number of amides is 1. The van der Waals surface area contributed by atoms with Crippen molar-refractivity contribution in [1.29, 1.82) is 0 Å². The van der Waals surface area contributed by atoms with Gasteiger partial charge in [-0.05, 0) is 68.0 Å². The van der Waals surface area contributed by atoms with Crippen LogP contribution >= 0.6 is 0 Å². The summed E-state index contributed by atoms with van der Waals surface area (Å²) in [6, 6.07) is 5.72. The molecule has 182 valence electrons. The van der Waals surface area contributed by atoms with Crippen LogP contribution in [0, 0.1) is 12.8 Å². The Morgan fingerprint density at radius 2 is 1.91 bits per heavy atom. The maximum atomic E-state index is 13.0. The van der Waals surface area contributed by atoms with Crippen LogP contribution in [0.3, 0.4) is 0 Å². The third-order valence-corrected chi connectivity index (χ3v) is 6.24. The molecule has 1 amide bonds. The lowest BCUT2D eigenvalue weighted by molar-refractivity contribution is -0.141. The van der Waals surface area contributed by atoms with Gasteiger partial charge < -0.3 is 10.1 Å². The van der Waals surface area contributed by atoms with E-state index in [4.69, 9.17) is 4.74 Å². The number of carbonyl (C=O) groups excluding carboxylic acids is 1. The van der Waals surface area contributed by atoms with E-state index in [-0.39, 0.29) is 12.1 Å². The molecule has 1 aliphatic carbocycles. The first kappa shape index (κ1) is 23.0. The molecule has 1 saturated heterocycles. The fourth-order valence-corrected chi connectivity index (χ4v) is 4.22. The van der Waals surface area contributed by atoms with Crippen molar-refractivity contribution in [2.45, 2.75) is 44.9 Å². The molecule has 1 aliphatic heterocycles. The van der Waals surface area contributed by atoms with E-state index in [1.807, 2.05) is 19.9 Å². The highest BCUT2D eigenvalue weighted by molar-refractivity contribution is 5.89. The highest BCUT2D eigenvalue weighted by Crippen LogP contribution is 2.39. The minimum Gasteiger partial charge on any atom is -0.447 e. The Bertz CT molecular complexity index is 1260. The predicted molar refractivity (Wildman–Crippen MR) is 122 cm³/mol. The second-order valence-corrected chi connectivity index (χ2v) is 8.81. The van der Waals surface area contributed by atoms with Crippen molar-refractivity contribution < 1.29 is 22.7 Å². The zero-order chi connectivity index (χ0) is 24.7. The number of cyclic esters (lactones) is 1. The second kappa shape index (κ2) is 8.79.